The Bertz CT molecular complexity index is 562. The maximum atomic E-state index is 13.8. The highest BCUT2D eigenvalue weighted by molar-refractivity contribution is 7.89. The number of halogens is 1. The topological polar surface area (TPSA) is 72.6 Å². The standard InChI is InChI=1S/C12H17FN2O3S/c1-2-10-8-18-6-5-15(10)19(16,17)12-7-9(14)3-4-11(12)13/h3-4,7,10H,2,5-6,8,14H2,1H3. The Balaban J connectivity index is 2.43. The van der Waals surface area contributed by atoms with Gasteiger partial charge in [-0.05, 0) is 24.6 Å². The van der Waals surface area contributed by atoms with E-state index in [2.05, 4.69) is 0 Å². The second kappa shape index (κ2) is 5.44. The molecule has 106 valence electrons. The van der Waals surface area contributed by atoms with Gasteiger partial charge in [-0.25, -0.2) is 12.8 Å². The van der Waals surface area contributed by atoms with Crippen LogP contribution in [0.1, 0.15) is 13.3 Å². The predicted octanol–water partition coefficient (Wildman–Crippen LogP) is 1.21. The molecule has 1 heterocycles. The first-order valence-corrected chi connectivity index (χ1v) is 7.55. The summed E-state index contributed by atoms with van der Waals surface area (Å²) < 4.78 is 45.3. The summed E-state index contributed by atoms with van der Waals surface area (Å²) in [6.07, 6.45) is 0.614. The van der Waals surface area contributed by atoms with Crippen molar-refractivity contribution in [2.45, 2.75) is 24.3 Å². The molecule has 0 radical (unpaired) electrons. The molecule has 1 aromatic carbocycles. The van der Waals surface area contributed by atoms with E-state index in [0.717, 1.165) is 12.1 Å². The molecular weight excluding hydrogens is 271 g/mol. The average molecular weight is 288 g/mol. The molecule has 5 nitrogen and oxygen atoms in total. The van der Waals surface area contributed by atoms with Crippen molar-refractivity contribution in [2.24, 2.45) is 0 Å². The second-order valence-corrected chi connectivity index (χ2v) is 6.30. The summed E-state index contributed by atoms with van der Waals surface area (Å²) in [7, 11) is -3.88. The van der Waals surface area contributed by atoms with E-state index in [1.54, 1.807) is 0 Å². The van der Waals surface area contributed by atoms with Gasteiger partial charge < -0.3 is 10.5 Å². The molecule has 1 aliphatic rings. The zero-order chi connectivity index (χ0) is 14.0. The molecule has 7 heteroatoms. The number of rotatable bonds is 3. The van der Waals surface area contributed by atoms with Crippen LogP contribution in [0.5, 0.6) is 0 Å². The molecule has 1 aliphatic heterocycles. The Labute approximate surface area is 112 Å². The number of morpholine rings is 1. The van der Waals surface area contributed by atoms with Crippen molar-refractivity contribution >= 4 is 15.7 Å². The molecule has 2 rings (SSSR count). The number of hydrogen-bond acceptors (Lipinski definition) is 4. The smallest absolute Gasteiger partial charge is 0.246 e. The molecule has 0 bridgehead atoms. The average Bonchev–Trinajstić information content (AvgIpc) is 2.41. The largest absolute Gasteiger partial charge is 0.399 e. The maximum absolute atomic E-state index is 13.8. The van der Waals surface area contributed by atoms with Crippen molar-refractivity contribution in [1.82, 2.24) is 4.31 Å². The van der Waals surface area contributed by atoms with E-state index >= 15 is 0 Å². The van der Waals surface area contributed by atoms with Crippen LogP contribution < -0.4 is 5.73 Å². The van der Waals surface area contributed by atoms with Crippen LogP contribution in [-0.4, -0.2) is 38.5 Å². The number of nitrogens with two attached hydrogens (primary N) is 1. The SMILES string of the molecule is CCC1COCCN1S(=O)(=O)c1cc(N)ccc1F. The van der Waals surface area contributed by atoms with Crippen LogP contribution >= 0.6 is 0 Å². The molecule has 0 amide bonds. The molecular formula is C12H17FN2O3S. The minimum Gasteiger partial charge on any atom is -0.399 e. The van der Waals surface area contributed by atoms with Crippen LogP contribution in [0.3, 0.4) is 0 Å². The molecule has 1 saturated heterocycles. The summed E-state index contributed by atoms with van der Waals surface area (Å²) in [4.78, 5) is -0.368. The van der Waals surface area contributed by atoms with Gasteiger partial charge in [0.05, 0.1) is 13.2 Å². The Morgan fingerprint density at radius 3 is 2.95 bits per heavy atom. The Kier molecular flexibility index (Phi) is 4.07. The number of nitrogen functional groups attached to an aromatic ring is 1. The molecule has 1 unspecified atom stereocenters. The third-order valence-corrected chi connectivity index (χ3v) is 5.15. The van der Waals surface area contributed by atoms with Crippen LogP contribution in [0.2, 0.25) is 0 Å². The highest BCUT2D eigenvalue weighted by Gasteiger charge is 2.34. The summed E-state index contributed by atoms with van der Waals surface area (Å²) in [5.74, 6) is -0.782. The Hall–Kier alpha value is -1.18. The first-order valence-electron chi connectivity index (χ1n) is 6.11. The third kappa shape index (κ3) is 2.72. The van der Waals surface area contributed by atoms with E-state index in [9.17, 15) is 12.8 Å². The molecule has 0 saturated carbocycles. The van der Waals surface area contributed by atoms with Crippen molar-refractivity contribution in [1.29, 1.82) is 0 Å². The van der Waals surface area contributed by atoms with Crippen molar-refractivity contribution in [2.75, 3.05) is 25.5 Å². The minimum atomic E-state index is -3.88. The monoisotopic (exact) mass is 288 g/mol. The van der Waals surface area contributed by atoms with Crippen LogP contribution in [-0.2, 0) is 14.8 Å². The van der Waals surface area contributed by atoms with E-state index in [1.807, 2.05) is 6.92 Å². The van der Waals surface area contributed by atoms with Gasteiger partial charge in [-0.1, -0.05) is 6.92 Å². The maximum Gasteiger partial charge on any atom is 0.246 e. The van der Waals surface area contributed by atoms with Crippen LogP contribution in [0.15, 0.2) is 23.1 Å². The fourth-order valence-corrected chi connectivity index (χ4v) is 3.89. The van der Waals surface area contributed by atoms with Crippen LogP contribution in [0.4, 0.5) is 10.1 Å². The predicted molar refractivity (Wildman–Crippen MR) is 69.6 cm³/mol. The fourth-order valence-electron chi connectivity index (χ4n) is 2.12. The summed E-state index contributed by atoms with van der Waals surface area (Å²) in [5.41, 5.74) is 5.77. The first kappa shape index (κ1) is 14.2. The lowest BCUT2D eigenvalue weighted by atomic mass is 10.2. The van der Waals surface area contributed by atoms with Gasteiger partial charge in [0.1, 0.15) is 10.7 Å². The minimum absolute atomic E-state index is 0.223. The van der Waals surface area contributed by atoms with Gasteiger partial charge in [-0.15, -0.1) is 0 Å². The number of ether oxygens (including phenoxy) is 1. The van der Waals surface area contributed by atoms with E-state index in [0.29, 0.717) is 19.6 Å². The van der Waals surface area contributed by atoms with Crippen molar-refractivity contribution in [3.05, 3.63) is 24.0 Å². The molecule has 1 fully saturated rings. The number of nitrogens with zero attached hydrogens (tertiary/aromatic N) is 1. The van der Waals surface area contributed by atoms with Crippen LogP contribution in [0, 0.1) is 5.82 Å². The lowest BCUT2D eigenvalue weighted by molar-refractivity contribution is 0.0313. The lowest BCUT2D eigenvalue weighted by Gasteiger charge is -2.34. The number of hydrogen-bond donors (Lipinski definition) is 1. The Morgan fingerprint density at radius 2 is 2.26 bits per heavy atom. The van der Waals surface area contributed by atoms with E-state index in [4.69, 9.17) is 10.5 Å². The number of sulfonamides is 1. The second-order valence-electron chi connectivity index (χ2n) is 4.44. The van der Waals surface area contributed by atoms with Gasteiger partial charge in [0.25, 0.3) is 0 Å². The molecule has 0 aliphatic carbocycles. The molecule has 2 N–H and O–H groups in total. The zero-order valence-corrected chi connectivity index (χ0v) is 11.5. The van der Waals surface area contributed by atoms with Crippen molar-refractivity contribution < 1.29 is 17.5 Å². The van der Waals surface area contributed by atoms with Gasteiger partial charge >= 0.3 is 0 Å². The molecule has 0 spiro atoms. The normalized spacial score (nSPS) is 21.5. The van der Waals surface area contributed by atoms with E-state index in [1.165, 1.54) is 10.4 Å². The summed E-state index contributed by atoms with van der Waals surface area (Å²) >= 11 is 0. The van der Waals surface area contributed by atoms with Gasteiger partial charge in [-0.3, -0.25) is 0 Å². The molecule has 1 atom stereocenters. The van der Waals surface area contributed by atoms with Crippen molar-refractivity contribution in [3.63, 3.8) is 0 Å². The fraction of sp³-hybridized carbons (Fsp3) is 0.500. The van der Waals surface area contributed by atoms with E-state index in [-0.39, 0.29) is 23.2 Å². The summed E-state index contributed by atoms with van der Waals surface area (Å²) in [6, 6.07) is 3.31. The summed E-state index contributed by atoms with van der Waals surface area (Å²) in [6.45, 7) is 2.76. The zero-order valence-electron chi connectivity index (χ0n) is 10.7. The Morgan fingerprint density at radius 1 is 1.53 bits per heavy atom. The van der Waals surface area contributed by atoms with E-state index < -0.39 is 15.8 Å². The highest BCUT2D eigenvalue weighted by Crippen LogP contribution is 2.25. The molecule has 19 heavy (non-hydrogen) atoms. The highest BCUT2D eigenvalue weighted by atomic mass is 32.2. The number of anilines is 1. The number of benzene rings is 1. The van der Waals surface area contributed by atoms with Gasteiger partial charge in [0.15, 0.2) is 0 Å². The molecule has 0 aromatic heterocycles. The lowest BCUT2D eigenvalue weighted by Crippen LogP contribution is -2.48. The first-order chi connectivity index (χ1) is 8.96. The van der Waals surface area contributed by atoms with Gasteiger partial charge in [-0.2, -0.15) is 4.31 Å². The quantitative estimate of drug-likeness (QED) is 0.848. The van der Waals surface area contributed by atoms with Gasteiger partial charge in [0, 0.05) is 18.3 Å². The summed E-state index contributed by atoms with van der Waals surface area (Å²) in [5, 5.41) is 0. The van der Waals surface area contributed by atoms with Gasteiger partial charge in [0.2, 0.25) is 10.0 Å². The molecule has 1 aromatic rings. The van der Waals surface area contributed by atoms with Crippen LogP contribution in [0.25, 0.3) is 0 Å². The van der Waals surface area contributed by atoms with Crippen molar-refractivity contribution in [3.8, 4) is 0 Å². The third-order valence-electron chi connectivity index (χ3n) is 3.19.